The molecule has 0 atom stereocenters. The zero-order valence-corrected chi connectivity index (χ0v) is 11.6. The molecule has 0 bridgehead atoms. The summed E-state index contributed by atoms with van der Waals surface area (Å²) in [4.78, 5) is 10.5. The van der Waals surface area contributed by atoms with Gasteiger partial charge in [0.2, 0.25) is 0 Å². The van der Waals surface area contributed by atoms with E-state index in [-0.39, 0.29) is 11.2 Å². The van der Waals surface area contributed by atoms with Crippen LogP contribution in [-0.4, -0.2) is 17.1 Å². The van der Waals surface area contributed by atoms with Crippen LogP contribution >= 0.6 is 0 Å². The van der Waals surface area contributed by atoms with Crippen molar-refractivity contribution in [3.63, 3.8) is 0 Å². The maximum absolute atomic E-state index is 10.9. The van der Waals surface area contributed by atoms with Crippen molar-refractivity contribution in [2.45, 2.75) is 39.2 Å². The van der Waals surface area contributed by atoms with Crippen LogP contribution in [0.3, 0.4) is 0 Å². The molecule has 1 aliphatic rings. The molecule has 104 valence electrons. The molecule has 1 aromatic rings. The second-order valence-corrected chi connectivity index (χ2v) is 5.49. The van der Waals surface area contributed by atoms with E-state index in [9.17, 15) is 10.1 Å². The molecule has 2 rings (SSSR count). The number of hydrogen-bond donors (Lipinski definition) is 1. The number of nitro benzene ring substituents is 1. The highest BCUT2D eigenvalue weighted by molar-refractivity contribution is 5.59. The van der Waals surface area contributed by atoms with E-state index >= 15 is 0 Å². The molecule has 0 saturated heterocycles. The summed E-state index contributed by atoms with van der Waals surface area (Å²) in [6.45, 7) is 6.55. The molecule has 0 heterocycles. The lowest BCUT2D eigenvalue weighted by atomic mass is 9.98. The van der Waals surface area contributed by atoms with Gasteiger partial charge in [-0.15, -0.1) is 0 Å². The third-order valence-electron chi connectivity index (χ3n) is 3.52. The molecule has 0 unspecified atom stereocenters. The van der Waals surface area contributed by atoms with Gasteiger partial charge in [-0.05, 0) is 45.6 Å². The molecule has 0 amide bonds. The fourth-order valence-corrected chi connectivity index (χ4v) is 2.29. The number of nitrogens with one attached hydrogen (secondary N) is 1. The SMILES string of the molecule is CCOc1cc(NC(C)(C)C2CC2)ccc1[N+](=O)[O-]. The summed E-state index contributed by atoms with van der Waals surface area (Å²) >= 11 is 0. The maximum Gasteiger partial charge on any atom is 0.311 e. The topological polar surface area (TPSA) is 64.4 Å². The van der Waals surface area contributed by atoms with Crippen molar-refractivity contribution in [2.75, 3.05) is 11.9 Å². The Kier molecular flexibility index (Phi) is 3.64. The van der Waals surface area contributed by atoms with E-state index in [1.54, 1.807) is 12.1 Å². The molecule has 5 heteroatoms. The lowest BCUT2D eigenvalue weighted by Crippen LogP contribution is -2.33. The van der Waals surface area contributed by atoms with Gasteiger partial charge in [0.1, 0.15) is 0 Å². The predicted octanol–water partition coefficient (Wildman–Crippen LogP) is 3.59. The minimum Gasteiger partial charge on any atom is -0.487 e. The molecule has 1 aliphatic carbocycles. The molecular weight excluding hydrogens is 244 g/mol. The van der Waals surface area contributed by atoms with Crippen LogP contribution < -0.4 is 10.1 Å². The predicted molar refractivity (Wildman–Crippen MR) is 74.7 cm³/mol. The first-order valence-corrected chi connectivity index (χ1v) is 6.63. The molecule has 19 heavy (non-hydrogen) atoms. The van der Waals surface area contributed by atoms with E-state index in [1.165, 1.54) is 18.9 Å². The van der Waals surface area contributed by atoms with Crippen molar-refractivity contribution < 1.29 is 9.66 Å². The van der Waals surface area contributed by atoms with E-state index in [0.717, 1.165) is 5.69 Å². The van der Waals surface area contributed by atoms with Gasteiger partial charge < -0.3 is 10.1 Å². The standard InChI is InChI=1S/C14H20N2O3/c1-4-19-13-9-11(7-8-12(13)16(17)18)15-14(2,3)10-5-6-10/h7-10,15H,4-6H2,1-3H3. The first-order chi connectivity index (χ1) is 8.94. The second-order valence-electron chi connectivity index (χ2n) is 5.49. The highest BCUT2D eigenvalue weighted by atomic mass is 16.6. The zero-order chi connectivity index (χ0) is 14.0. The Balaban J connectivity index is 2.22. The number of benzene rings is 1. The van der Waals surface area contributed by atoms with Crippen molar-refractivity contribution in [1.29, 1.82) is 0 Å². The molecular formula is C14H20N2O3. The van der Waals surface area contributed by atoms with E-state index in [4.69, 9.17) is 4.74 Å². The average Bonchev–Trinajstić information content (AvgIpc) is 3.12. The summed E-state index contributed by atoms with van der Waals surface area (Å²) in [6, 6.07) is 4.95. The smallest absolute Gasteiger partial charge is 0.311 e. The van der Waals surface area contributed by atoms with Crippen LogP contribution in [0.15, 0.2) is 18.2 Å². The van der Waals surface area contributed by atoms with Gasteiger partial charge in [0.15, 0.2) is 5.75 Å². The van der Waals surface area contributed by atoms with Crippen molar-refractivity contribution in [3.05, 3.63) is 28.3 Å². The van der Waals surface area contributed by atoms with Crippen LogP contribution in [0.2, 0.25) is 0 Å². The van der Waals surface area contributed by atoms with Gasteiger partial charge in [-0.25, -0.2) is 0 Å². The number of nitro groups is 1. The van der Waals surface area contributed by atoms with Crippen molar-refractivity contribution in [1.82, 2.24) is 0 Å². The first-order valence-electron chi connectivity index (χ1n) is 6.63. The highest BCUT2D eigenvalue weighted by Crippen LogP contribution is 2.41. The average molecular weight is 264 g/mol. The Morgan fingerprint density at radius 2 is 2.16 bits per heavy atom. The zero-order valence-electron chi connectivity index (χ0n) is 11.6. The van der Waals surface area contributed by atoms with Gasteiger partial charge >= 0.3 is 5.69 Å². The molecule has 0 aliphatic heterocycles. The van der Waals surface area contributed by atoms with Crippen molar-refractivity contribution >= 4 is 11.4 Å². The minimum atomic E-state index is -0.416. The maximum atomic E-state index is 10.9. The van der Waals surface area contributed by atoms with E-state index in [2.05, 4.69) is 19.2 Å². The Morgan fingerprint density at radius 3 is 2.68 bits per heavy atom. The third kappa shape index (κ3) is 3.16. The van der Waals surface area contributed by atoms with E-state index < -0.39 is 4.92 Å². The Bertz CT molecular complexity index is 482. The molecule has 1 aromatic carbocycles. The van der Waals surface area contributed by atoms with Crippen LogP contribution in [0.25, 0.3) is 0 Å². The van der Waals surface area contributed by atoms with Gasteiger partial charge in [0.25, 0.3) is 0 Å². The molecule has 1 fully saturated rings. The first kappa shape index (κ1) is 13.6. The fourth-order valence-electron chi connectivity index (χ4n) is 2.29. The minimum absolute atomic E-state index is 0.0108. The number of rotatable bonds is 6. The molecule has 0 spiro atoms. The fraction of sp³-hybridized carbons (Fsp3) is 0.571. The number of ether oxygens (including phenoxy) is 1. The molecule has 0 radical (unpaired) electrons. The van der Waals surface area contributed by atoms with Gasteiger partial charge in [-0.2, -0.15) is 0 Å². The van der Waals surface area contributed by atoms with Gasteiger partial charge in [0.05, 0.1) is 11.5 Å². The van der Waals surface area contributed by atoms with Crippen LogP contribution in [0, 0.1) is 16.0 Å². The highest BCUT2D eigenvalue weighted by Gasteiger charge is 2.37. The largest absolute Gasteiger partial charge is 0.487 e. The summed E-state index contributed by atoms with van der Waals surface area (Å²) in [5.41, 5.74) is 0.891. The monoisotopic (exact) mass is 264 g/mol. The van der Waals surface area contributed by atoms with Crippen LogP contribution in [0.5, 0.6) is 5.75 Å². The number of nitrogens with zero attached hydrogens (tertiary/aromatic N) is 1. The Labute approximate surface area is 113 Å². The summed E-state index contributed by atoms with van der Waals surface area (Å²) in [7, 11) is 0. The normalized spacial score (nSPS) is 15.1. The number of anilines is 1. The summed E-state index contributed by atoms with van der Waals surface area (Å²) in [6.07, 6.45) is 2.48. The van der Waals surface area contributed by atoms with E-state index in [0.29, 0.717) is 18.3 Å². The summed E-state index contributed by atoms with van der Waals surface area (Å²) < 4.78 is 5.35. The summed E-state index contributed by atoms with van der Waals surface area (Å²) in [5, 5.41) is 14.4. The van der Waals surface area contributed by atoms with Gasteiger partial charge in [-0.3, -0.25) is 10.1 Å². The lowest BCUT2D eigenvalue weighted by molar-refractivity contribution is -0.385. The summed E-state index contributed by atoms with van der Waals surface area (Å²) in [5.74, 6) is 1.00. The molecule has 1 N–H and O–H groups in total. The van der Waals surface area contributed by atoms with Crippen LogP contribution in [0.1, 0.15) is 33.6 Å². The number of hydrogen-bond acceptors (Lipinski definition) is 4. The van der Waals surface area contributed by atoms with Crippen molar-refractivity contribution in [3.8, 4) is 5.75 Å². The van der Waals surface area contributed by atoms with Gasteiger partial charge in [0, 0.05) is 23.4 Å². The Hall–Kier alpha value is -1.78. The third-order valence-corrected chi connectivity index (χ3v) is 3.52. The lowest BCUT2D eigenvalue weighted by Gasteiger charge is -2.27. The van der Waals surface area contributed by atoms with Crippen molar-refractivity contribution in [2.24, 2.45) is 5.92 Å². The van der Waals surface area contributed by atoms with Crippen LogP contribution in [0.4, 0.5) is 11.4 Å². The quantitative estimate of drug-likeness (QED) is 0.630. The molecule has 1 saturated carbocycles. The van der Waals surface area contributed by atoms with Gasteiger partial charge in [-0.1, -0.05) is 0 Å². The molecule has 5 nitrogen and oxygen atoms in total. The Morgan fingerprint density at radius 1 is 1.47 bits per heavy atom. The second kappa shape index (κ2) is 5.07. The van der Waals surface area contributed by atoms with Crippen LogP contribution in [-0.2, 0) is 0 Å². The molecule has 0 aromatic heterocycles. The van der Waals surface area contributed by atoms with E-state index in [1.807, 2.05) is 6.92 Å².